The highest BCUT2D eigenvalue weighted by Crippen LogP contribution is 2.28. The minimum Gasteiger partial charge on any atom is -0.495 e. The highest BCUT2D eigenvalue weighted by atomic mass is 16.5. The summed E-state index contributed by atoms with van der Waals surface area (Å²) in [7, 11) is 1.58. The number of aromatic nitrogens is 1. The molecule has 2 aromatic rings. The molecule has 0 saturated heterocycles. The van der Waals surface area contributed by atoms with E-state index in [0.717, 1.165) is 16.5 Å². The summed E-state index contributed by atoms with van der Waals surface area (Å²) in [5.41, 5.74) is 6.55. The number of aromatic amines is 1. The molecule has 0 aliphatic rings. The first-order valence-electron chi connectivity index (χ1n) is 5.23. The van der Waals surface area contributed by atoms with Gasteiger partial charge in [-0.25, -0.2) is 0 Å². The summed E-state index contributed by atoms with van der Waals surface area (Å²) < 4.78 is 5.21. The predicted octanol–water partition coefficient (Wildman–Crippen LogP) is 1.57. The van der Waals surface area contributed by atoms with Crippen molar-refractivity contribution in [1.29, 1.82) is 5.26 Å². The summed E-state index contributed by atoms with van der Waals surface area (Å²) in [5, 5.41) is 9.68. The molecule has 0 fully saturated rings. The second kappa shape index (κ2) is 4.63. The second-order valence-electron chi connectivity index (χ2n) is 3.66. The lowest BCUT2D eigenvalue weighted by atomic mass is 10.1. The maximum absolute atomic E-state index is 11.0. The third-order valence-electron chi connectivity index (χ3n) is 2.61. The zero-order valence-corrected chi connectivity index (χ0v) is 9.73. The molecule has 1 amide bonds. The van der Waals surface area contributed by atoms with Crippen molar-refractivity contribution in [3.8, 4) is 11.8 Å². The van der Waals surface area contributed by atoms with Crippen LogP contribution < -0.4 is 10.5 Å². The first-order chi connectivity index (χ1) is 8.67. The zero-order chi connectivity index (χ0) is 13.1. The van der Waals surface area contributed by atoms with Gasteiger partial charge < -0.3 is 15.5 Å². The van der Waals surface area contributed by atoms with Crippen molar-refractivity contribution in [2.45, 2.75) is 0 Å². The van der Waals surface area contributed by atoms with Gasteiger partial charge in [0, 0.05) is 17.1 Å². The Hall–Kier alpha value is -2.74. The number of nitrogens with zero attached hydrogens (tertiary/aromatic N) is 1. The molecule has 0 spiro atoms. The Bertz CT molecular complexity index is 677. The maximum Gasteiger partial charge on any atom is 0.259 e. The Balaban J connectivity index is 2.61. The van der Waals surface area contributed by atoms with E-state index in [-0.39, 0.29) is 5.57 Å². The van der Waals surface area contributed by atoms with Crippen LogP contribution in [0.2, 0.25) is 0 Å². The molecule has 0 aliphatic carbocycles. The van der Waals surface area contributed by atoms with E-state index in [1.54, 1.807) is 19.4 Å². The van der Waals surface area contributed by atoms with Gasteiger partial charge in [0.2, 0.25) is 0 Å². The van der Waals surface area contributed by atoms with Crippen molar-refractivity contribution in [2.75, 3.05) is 7.11 Å². The minimum atomic E-state index is -0.741. The molecule has 0 unspecified atom stereocenters. The van der Waals surface area contributed by atoms with Gasteiger partial charge in [0.15, 0.2) is 0 Å². The van der Waals surface area contributed by atoms with Crippen LogP contribution in [0.1, 0.15) is 5.56 Å². The first kappa shape index (κ1) is 11.7. The Labute approximate surface area is 103 Å². The SMILES string of the molecule is COc1cccc2c(/C=C(\C#N)C(N)=O)c[nH]c12. The highest BCUT2D eigenvalue weighted by molar-refractivity contribution is 6.03. The van der Waals surface area contributed by atoms with Gasteiger partial charge in [-0.2, -0.15) is 5.26 Å². The van der Waals surface area contributed by atoms with Crippen LogP contribution in [0.25, 0.3) is 17.0 Å². The molecule has 0 aliphatic heterocycles. The van der Waals surface area contributed by atoms with Crippen LogP contribution in [-0.2, 0) is 4.79 Å². The van der Waals surface area contributed by atoms with Crippen molar-refractivity contribution in [2.24, 2.45) is 5.73 Å². The summed E-state index contributed by atoms with van der Waals surface area (Å²) in [6.07, 6.45) is 3.16. The van der Waals surface area contributed by atoms with E-state index in [9.17, 15) is 4.79 Å². The fourth-order valence-electron chi connectivity index (χ4n) is 1.75. The number of hydrogen-bond donors (Lipinski definition) is 2. The van der Waals surface area contributed by atoms with Crippen LogP contribution >= 0.6 is 0 Å². The van der Waals surface area contributed by atoms with Crippen LogP contribution in [0, 0.1) is 11.3 Å². The Morgan fingerprint density at radius 3 is 2.94 bits per heavy atom. The lowest BCUT2D eigenvalue weighted by molar-refractivity contribution is -0.114. The molecule has 18 heavy (non-hydrogen) atoms. The predicted molar refractivity (Wildman–Crippen MR) is 67.6 cm³/mol. The fourth-order valence-corrected chi connectivity index (χ4v) is 1.75. The third-order valence-corrected chi connectivity index (χ3v) is 2.61. The molecular formula is C13H11N3O2. The van der Waals surface area contributed by atoms with Gasteiger partial charge in [-0.15, -0.1) is 0 Å². The molecule has 5 heteroatoms. The molecule has 3 N–H and O–H groups in total. The molecule has 0 bridgehead atoms. The van der Waals surface area contributed by atoms with Crippen LogP contribution in [0.3, 0.4) is 0 Å². The Morgan fingerprint density at radius 1 is 1.56 bits per heavy atom. The number of rotatable bonds is 3. The molecule has 1 heterocycles. The molecule has 5 nitrogen and oxygen atoms in total. The summed E-state index contributed by atoms with van der Waals surface area (Å²) >= 11 is 0. The van der Waals surface area contributed by atoms with Gasteiger partial charge in [-0.05, 0) is 12.1 Å². The van der Waals surface area contributed by atoms with Crippen molar-refractivity contribution >= 4 is 22.9 Å². The molecule has 0 saturated carbocycles. The van der Waals surface area contributed by atoms with E-state index in [4.69, 9.17) is 15.7 Å². The number of carbonyl (C=O) groups excluding carboxylic acids is 1. The van der Waals surface area contributed by atoms with E-state index in [1.165, 1.54) is 6.08 Å². The van der Waals surface area contributed by atoms with Gasteiger partial charge >= 0.3 is 0 Å². The highest BCUT2D eigenvalue weighted by Gasteiger charge is 2.09. The third kappa shape index (κ3) is 1.92. The number of carbonyl (C=O) groups is 1. The summed E-state index contributed by atoms with van der Waals surface area (Å²) in [6, 6.07) is 7.31. The molecule has 0 atom stereocenters. The summed E-state index contributed by atoms with van der Waals surface area (Å²) in [6.45, 7) is 0. The maximum atomic E-state index is 11.0. The number of ether oxygens (including phenoxy) is 1. The van der Waals surface area contributed by atoms with Crippen LogP contribution in [-0.4, -0.2) is 18.0 Å². The van der Waals surface area contributed by atoms with Gasteiger partial charge in [0.1, 0.15) is 17.4 Å². The summed E-state index contributed by atoms with van der Waals surface area (Å²) in [4.78, 5) is 14.1. The first-order valence-corrected chi connectivity index (χ1v) is 5.23. The van der Waals surface area contributed by atoms with Crippen molar-refractivity contribution < 1.29 is 9.53 Å². The number of fused-ring (bicyclic) bond motifs is 1. The van der Waals surface area contributed by atoms with Crippen molar-refractivity contribution in [3.63, 3.8) is 0 Å². The van der Waals surface area contributed by atoms with E-state index < -0.39 is 5.91 Å². The standard InChI is InChI=1S/C13H11N3O2/c1-18-11-4-2-3-10-9(7-16-12(10)11)5-8(6-14)13(15)17/h2-5,7,16H,1H3,(H2,15,17)/b8-5+. The molecular weight excluding hydrogens is 230 g/mol. The minimum absolute atomic E-state index is 0.0845. The molecule has 0 radical (unpaired) electrons. The number of H-pyrrole nitrogens is 1. The molecule has 1 aromatic heterocycles. The van der Waals surface area contributed by atoms with Gasteiger partial charge in [-0.3, -0.25) is 4.79 Å². The number of para-hydroxylation sites is 1. The van der Waals surface area contributed by atoms with E-state index >= 15 is 0 Å². The average molecular weight is 241 g/mol. The largest absolute Gasteiger partial charge is 0.495 e. The van der Waals surface area contributed by atoms with Gasteiger partial charge in [0.05, 0.1) is 12.6 Å². The second-order valence-corrected chi connectivity index (χ2v) is 3.66. The fraction of sp³-hybridized carbons (Fsp3) is 0.0769. The van der Waals surface area contributed by atoms with Gasteiger partial charge in [0.25, 0.3) is 5.91 Å². The topological polar surface area (TPSA) is 91.9 Å². The Morgan fingerprint density at radius 2 is 2.33 bits per heavy atom. The number of primary amides is 1. The smallest absolute Gasteiger partial charge is 0.259 e. The number of nitrogens with one attached hydrogen (secondary N) is 1. The molecule has 1 aromatic carbocycles. The monoisotopic (exact) mass is 241 g/mol. The van der Waals surface area contributed by atoms with Crippen LogP contribution in [0.4, 0.5) is 0 Å². The number of amides is 1. The molecule has 90 valence electrons. The van der Waals surface area contributed by atoms with Crippen LogP contribution in [0.5, 0.6) is 5.75 Å². The lowest BCUT2D eigenvalue weighted by Crippen LogP contribution is -2.12. The van der Waals surface area contributed by atoms with E-state index in [2.05, 4.69) is 4.98 Å². The number of methoxy groups -OCH3 is 1. The molecule has 2 rings (SSSR count). The lowest BCUT2D eigenvalue weighted by Gasteiger charge is -2.00. The normalized spacial score (nSPS) is 11.2. The Kier molecular flexibility index (Phi) is 3.02. The number of nitriles is 1. The summed E-state index contributed by atoms with van der Waals surface area (Å²) in [5.74, 6) is -0.0421. The number of benzene rings is 1. The average Bonchev–Trinajstić information content (AvgIpc) is 2.78. The van der Waals surface area contributed by atoms with E-state index in [0.29, 0.717) is 5.75 Å². The van der Waals surface area contributed by atoms with Crippen molar-refractivity contribution in [1.82, 2.24) is 4.98 Å². The number of hydrogen-bond acceptors (Lipinski definition) is 3. The van der Waals surface area contributed by atoms with Crippen molar-refractivity contribution in [3.05, 3.63) is 35.5 Å². The quantitative estimate of drug-likeness (QED) is 0.631. The number of nitrogens with two attached hydrogens (primary N) is 1. The van der Waals surface area contributed by atoms with E-state index in [1.807, 2.05) is 18.2 Å². The van der Waals surface area contributed by atoms with Gasteiger partial charge in [-0.1, -0.05) is 12.1 Å². The van der Waals surface area contributed by atoms with Crippen LogP contribution in [0.15, 0.2) is 30.0 Å². The zero-order valence-electron chi connectivity index (χ0n) is 9.73.